The summed E-state index contributed by atoms with van der Waals surface area (Å²) in [7, 11) is 0. The summed E-state index contributed by atoms with van der Waals surface area (Å²) in [6, 6.07) is 11.8. The Kier molecular flexibility index (Phi) is 15.0. The second kappa shape index (κ2) is 17.1. The Hall–Kier alpha value is -3.17. The van der Waals surface area contributed by atoms with Crippen molar-refractivity contribution in [2.45, 2.75) is 103 Å². The smallest absolute Gasteiger partial charge is 0.550 e. The Bertz CT molecular complexity index is 1230. The van der Waals surface area contributed by atoms with Gasteiger partial charge in [0.1, 0.15) is 11.5 Å². The number of phenols is 2. The number of aliphatic imine (C=N–C) groups is 2. The van der Waals surface area contributed by atoms with Gasteiger partial charge in [-0.3, -0.25) is 9.98 Å². The molecule has 0 saturated heterocycles. The fraction of sp³-hybridized carbons (Fsp3) is 0.515. The molecule has 0 spiro atoms. The molecule has 0 aliphatic heterocycles. The maximum atomic E-state index is 10.4. The van der Waals surface area contributed by atoms with Gasteiger partial charge >= 0.3 is 16.8 Å². The predicted octanol–water partition coefficient (Wildman–Crippen LogP) is 4.48. The normalized spacial score (nSPS) is 22.0. The summed E-state index contributed by atoms with van der Waals surface area (Å²) >= 11 is 0. The van der Waals surface area contributed by atoms with Crippen molar-refractivity contribution in [3.05, 3.63) is 58.7 Å². The van der Waals surface area contributed by atoms with Crippen LogP contribution in [0.5, 0.6) is 11.5 Å². The van der Waals surface area contributed by atoms with Gasteiger partial charge in [-0.25, -0.2) is 0 Å². The van der Waals surface area contributed by atoms with E-state index in [1.807, 2.05) is 24.6 Å². The number of aliphatic carboxylic acids is 2. The van der Waals surface area contributed by atoms with E-state index in [4.69, 9.17) is 29.8 Å². The van der Waals surface area contributed by atoms with Gasteiger partial charge in [0.2, 0.25) is 0 Å². The minimum Gasteiger partial charge on any atom is -0.550 e. The first-order valence-corrected chi connectivity index (χ1v) is 14.4. The molecule has 5 unspecified atom stereocenters. The SMILES string of the molecule is CC(=O)[O-].CC(=O)[O-].CCC(C)c1ccc(O)c(C=NC2CC3CCC2(N=Cc2cc(C(C)CC)ccc2O)C3)c1.[Co+2]. The molecule has 2 aliphatic carbocycles. The second-order valence-electron chi connectivity index (χ2n) is 11.2. The fourth-order valence-corrected chi connectivity index (χ4v) is 5.41. The van der Waals surface area contributed by atoms with Gasteiger partial charge in [-0.1, -0.05) is 39.8 Å². The summed E-state index contributed by atoms with van der Waals surface area (Å²) in [6.45, 7) is 10.7. The maximum Gasteiger partial charge on any atom is 2.00 e. The zero-order chi connectivity index (χ0) is 30.7. The number of nitrogens with zero attached hydrogens (tertiary/aromatic N) is 2. The van der Waals surface area contributed by atoms with E-state index in [9.17, 15) is 10.2 Å². The number of hydrogen-bond acceptors (Lipinski definition) is 8. The zero-order valence-electron chi connectivity index (χ0n) is 25.4. The first-order chi connectivity index (χ1) is 19.3. The van der Waals surface area contributed by atoms with Crippen molar-refractivity contribution in [3.8, 4) is 11.5 Å². The third-order valence-electron chi connectivity index (χ3n) is 8.12. The summed E-state index contributed by atoms with van der Waals surface area (Å²) < 4.78 is 0. The van der Waals surface area contributed by atoms with Crippen molar-refractivity contribution in [1.29, 1.82) is 0 Å². The molecule has 2 bridgehead atoms. The van der Waals surface area contributed by atoms with Gasteiger partial charge in [0.05, 0.1) is 11.6 Å². The van der Waals surface area contributed by atoms with Gasteiger partial charge in [-0.05, 0) is 106 Å². The second-order valence-corrected chi connectivity index (χ2v) is 11.2. The van der Waals surface area contributed by atoms with Gasteiger partial charge < -0.3 is 30.0 Å². The molecule has 2 aromatic rings. The zero-order valence-corrected chi connectivity index (χ0v) is 26.5. The molecular weight excluding hydrogens is 579 g/mol. The van der Waals surface area contributed by atoms with E-state index in [0.29, 0.717) is 17.8 Å². The van der Waals surface area contributed by atoms with Crippen LogP contribution in [0.3, 0.4) is 0 Å². The maximum absolute atomic E-state index is 10.4. The van der Waals surface area contributed by atoms with Crippen LogP contribution in [-0.2, 0) is 26.4 Å². The number of phenolic OH excluding ortho intramolecular Hbond substituents is 2. The molecule has 4 rings (SSSR count). The number of aromatic hydroxyl groups is 2. The molecular formula is C33H44CoN2O6. The molecule has 1 radical (unpaired) electrons. The van der Waals surface area contributed by atoms with Crippen molar-refractivity contribution in [3.63, 3.8) is 0 Å². The van der Waals surface area contributed by atoms with E-state index >= 15 is 0 Å². The van der Waals surface area contributed by atoms with E-state index in [0.717, 1.165) is 57.1 Å². The molecule has 2 fully saturated rings. The van der Waals surface area contributed by atoms with Gasteiger partial charge in [0.15, 0.2) is 0 Å². The van der Waals surface area contributed by atoms with Gasteiger partial charge in [0.25, 0.3) is 0 Å². The standard InChI is InChI=1S/C29H38N2O2.2C2H4O2.Co/c1-5-19(3)22-7-9-26(32)24(14-22)17-30-28-13-21-11-12-29(28,16-21)31-18-25-15-23(20(4)6-2)8-10-27(25)33;2*1-2(3)4;/h7-10,14-15,17-21,28,32-33H,5-6,11-13,16H2,1-4H3;2*1H3,(H,3,4);/q;;;+2/p-2. The van der Waals surface area contributed by atoms with Crippen molar-refractivity contribution in [2.75, 3.05) is 0 Å². The summed E-state index contributed by atoms with van der Waals surface area (Å²) in [5.41, 5.74) is 3.84. The Balaban J connectivity index is 0.000000873. The molecule has 0 amide bonds. The van der Waals surface area contributed by atoms with E-state index in [2.05, 4.69) is 39.8 Å². The Morgan fingerprint density at radius 1 is 0.929 bits per heavy atom. The first-order valence-electron chi connectivity index (χ1n) is 14.4. The molecule has 0 aromatic heterocycles. The summed E-state index contributed by atoms with van der Waals surface area (Å²) in [4.78, 5) is 27.8. The summed E-state index contributed by atoms with van der Waals surface area (Å²) in [5.74, 6) is -0.0474. The monoisotopic (exact) mass is 623 g/mol. The number of carboxylic acid groups (broad SMARTS) is 2. The topological polar surface area (TPSA) is 145 Å². The number of carboxylic acids is 2. The van der Waals surface area contributed by atoms with Gasteiger partial charge in [-0.2, -0.15) is 0 Å². The minimum absolute atomic E-state index is 0. The third kappa shape index (κ3) is 10.6. The van der Waals surface area contributed by atoms with Crippen molar-refractivity contribution in [1.82, 2.24) is 0 Å². The number of fused-ring (bicyclic) bond motifs is 2. The van der Waals surface area contributed by atoms with Crippen molar-refractivity contribution in [2.24, 2.45) is 15.9 Å². The van der Waals surface area contributed by atoms with Crippen LogP contribution in [0.25, 0.3) is 0 Å². The van der Waals surface area contributed by atoms with Crippen LogP contribution in [-0.4, -0.2) is 46.2 Å². The predicted molar refractivity (Wildman–Crippen MR) is 159 cm³/mol. The third-order valence-corrected chi connectivity index (χ3v) is 8.12. The van der Waals surface area contributed by atoms with Gasteiger partial charge in [-0.15, -0.1) is 0 Å². The van der Waals surface area contributed by atoms with Crippen LogP contribution in [0.2, 0.25) is 0 Å². The van der Waals surface area contributed by atoms with Crippen LogP contribution in [0.4, 0.5) is 0 Å². The molecule has 231 valence electrons. The minimum atomic E-state index is -1.08. The molecule has 8 nitrogen and oxygen atoms in total. The van der Waals surface area contributed by atoms with Gasteiger partial charge in [0, 0.05) is 35.5 Å². The number of carbonyl (C=O) groups is 2. The number of hydrogen-bond donors (Lipinski definition) is 2. The number of rotatable bonds is 8. The van der Waals surface area contributed by atoms with Crippen molar-refractivity contribution >= 4 is 24.4 Å². The van der Waals surface area contributed by atoms with E-state index in [1.165, 1.54) is 17.5 Å². The average Bonchev–Trinajstić information content (AvgIpc) is 3.49. The van der Waals surface area contributed by atoms with E-state index in [-0.39, 0.29) is 39.9 Å². The molecule has 42 heavy (non-hydrogen) atoms. The van der Waals surface area contributed by atoms with Crippen LogP contribution in [0.15, 0.2) is 46.4 Å². The van der Waals surface area contributed by atoms with Crippen LogP contribution in [0, 0.1) is 5.92 Å². The van der Waals surface area contributed by atoms with Crippen LogP contribution >= 0.6 is 0 Å². The summed E-state index contributed by atoms with van der Waals surface area (Å²) in [5, 5.41) is 38.6. The number of benzene rings is 2. The Morgan fingerprint density at radius 2 is 1.38 bits per heavy atom. The average molecular weight is 624 g/mol. The van der Waals surface area contributed by atoms with Crippen LogP contribution < -0.4 is 10.2 Å². The molecule has 9 heteroatoms. The van der Waals surface area contributed by atoms with E-state index in [1.54, 1.807) is 12.1 Å². The largest absolute Gasteiger partial charge is 2.00 e. The fourth-order valence-electron chi connectivity index (χ4n) is 5.41. The Morgan fingerprint density at radius 3 is 1.81 bits per heavy atom. The molecule has 2 N–H and O–H groups in total. The molecule has 0 heterocycles. The quantitative estimate of drug-likeness (QED) is 0.415. The summed E-state index contributed by atoms with van der Waals surface area (Å²) in [6.07, 6.45) is 10.2. The molecule has 2 aromatic carbocycles. The molecule has 5 atom stereocenters. The van der Waals surface area contributed by atoms with Crippen LogP contribution in [0.1, 0.15) is 114 Å². The van der Waals surface area contributed by atoms with E-state index < -0.39 is 11.9 Å². The first kappa shape index (κ1) is 36.9. The molecule has 2 aliphatic rings. The molecule has 2 saturated carbocycles. The van der Waals surface area contributed by atoms with Crippen molar-refractivity contribution < 1.29 is 46.8 Å². The Labute approximate surface area is 260 Å². The number of carbonyl (C=O) groups excluding carboxylic acids is 2.